The second-order valence-electron chi connectivity index (χ2n) is 6.04. The first-order valence-corrected chi connectivity index (χ1v) is 11.9. The summed E-state index contributed by atoms with van der Waals surface area (Å²) in [7, 11) is 0. The predicted octanol–water partition coefficient (Wildman–Crippen LogP) is 4.05. The van der Waals surface area contributed by atoms with Crippen LogP contribution in [0, 0.1) is 10.1 Å². The molecule has 0 spiro atoms. The van der Waals surface area contributed by atoms with E-state index in [1.54, 1.807) is 6.07 Å². The maximum atomic E-state index is 12.1. The molecule has 160 valence electrons. The van der Waals surface area contributed by atoms with Gasteiger partial charge in [-0.1, -0.05) is 59.5 Å². The number of aromatic nitrogens is 2. The number of hydrogen-bond donors (Lipinski definition) is 2. The van der Waals surface area contributed by atoms with Gasteiger partial charge in [-0.25, -0.2) is 0 Å². The van der Waals surface area contributed by atoms with Crippen LogP contribution >= 0.6 is 34.9 Å². The monoisotopic (exact) mass is 475 g/mol. The summed E-state index contributed by atoms with van der Waals surface area (Å²) in [6, 6.07) is 15.6. The van der Waals surface area contributed by atoms with Crippen LogP contribution in [-0.2, 0) is 15.3 Å². The summed E-state index contributed by atoms with van der Waals surface area (Å²) in [5.74, 6) is 0.590. The molecule has 0 fully saturated rings. The van der Waals surface area contributed by atoms with Crippen LogP contribution in [-0.4, -0.2) is 38.4 Å². The highest BCUT2D eigenvalue weighted by molar-refractivity contribution is 8.01. The molecule has 0 saturated heterocycles. The zero-order chi connectivity index (χ0) is 22.1. The van der Waals surface area contributed by atoms with Crippen LogP contribution < -0.4 is 10.6 Å². The molecule has 1 heterocycles. The Bertz CT molecular complexity index is 1060. The first kappa shape index (κ1) is 22.7. The maximum Gasteiger partial charge on any atom is 0.271 e. The summed E-state index contributed by atoms with van der Waals surface area (Å²) in [5, 5.41) is 24.3. The Hall–Kier alpha value is -2.96. The highest BCUT2D eigenvalue weighted by Crippen LogP contribution is 2.26. The van der Waals surface area contributed by atoms with Crippen LogP contribution in [0.2, 0.25) is 0 Å². The minimum Gasteiger partial charge on any atom is -0.325 e. The third kappa shape index (κ3) is 7.66. The predicted molar refractivity (Wildman–Crippen MR) is 124 cm³/mol. The molecule has 0 radical (unpaired) electrons. The van der Waals surface area contributed by atoms with Crippen LogP contribution in [0.1, 0.15) is 5.56 Å². The number of nitrogens with zero attached hydrogens (tertiary/aromatic N) is 3. The number of nitrogens with one attached hydrogen (secondary N) is 2. The normalized spacial score (nSPS) is 10.5. The number of nitro benzene ring substituents is 1. The molecule has 9 nitrogen and oxygen atoms in total. The number of carbonyl (C=O) groups is 2. The number of carbonyl (C=O) groups excluding carboxylic acids is 2. The highest BCUT2D eigenvalue weighted by Gasteiger charge is 2.12. The summed E-state index contributed by atoms with van der Waals surface area (Å²) in [6.07, 6.45) is 0. The van der Waals surface area contributed by atoms with Gasteiger partial charge in [-0.05, 0) is 11.6 Å². The number of amides is 2. The van der Waals surface area contributed by atoms with Gasteiger partial charge in [0.1, 0.15) is 0 Å². The molecule has 3 aromatic rings. The number of hydrogen-bond acceptors (Lipinski definition) is 9. The van der Waals surface area contributed by atoms with Gasteiger partial charge in [-0.3, -0.25) is 25.0 Å². The summed E-state index contributed by atoms with van der Waals surface area (Å²) in [5.41, 5.74) is 1.40. The van der Waals surface area contributed by atoms with Gasteiger partial charge in [0.05, 0.1) is 16.4 Å². The van der Waals surface area contributed by atoms with Crippen molar-refractivity contribution in [3.05, 3.63) is 70.3 Å². The molecule has 31 heavy (non-hydrogen) atoms. The van der Waals surface area contributed by atoms with Crippen LogP contribution in [0.15, 0.2) is 58.9 Å². The van der Waals surface area contributed by atoms with Crippen LogP contribution in [0.5, 0.6) is 0 Å². The Morgan fingerprint density at radius 3 is 2.55 bits per heavy atom. The van der Waals surface area contributed by atoms with E-state index in [2.05, 4.69) is 20.8 Å². The van der Waals surface area contributed by atoms with Gasteiger partial charge in [-0.15, -0.1) is 22.0 Å². The maximum absolute atomic E-state index is 12.1. The molecule has 0 aliphatic heterocycles. The molecule has 0 unspecified atom stereocenters. The van der Waals surface area contributed by atoms with Crippen molar-refractivity contribution in [3.8, 4) is 0 Å². The van der Waals surface area contributed by atoms with E-state index in [-0.39, 0.29) is 23.3 Å². The second-order valence-corrected chi connectivity index (χ2v) is 9.23. The van der Waals surface area contributed by atoms with Gasteiger partial charge in [0.2, 0.25) is 16.9 Å². The molecular weight excluding hydrogens is 458 g/mol. The van der Waals surface area contributed by atoms with Crippen molar-refractivity contribution in [1.29, 1.82) is 0 Å². The van der Waals surface area contributed by atoms with Crippen LogP contribution in [0.3, 0.4) is 0 Å². The van der Waals surface area contributed by atoms with Gasteiger partial charge in [0.15, 0.2) is 4.34 Å². The second kappa shape index (κ2) is 11.4. The Labute approximate surface area is 190 Å². The molecule has 2 aromatic carbocycles. The highest BCUT2D eigenvalue weighted by atomic mass is 32.2. The van der Waals surface area contributed by atoms with Gasteiger partial charge in [0, 0.05) is 23.6 Å². The minimum absolute atomic E-state index is 0.0538. The fraction of sp³-hybridized carbons (Fsp3) is 0.158. The van der Waals surface area contributed by atoms with Gasteiger partial charge in [0.25, 0.3) is 5.69 Å². The molecule has 0 bridgehead atoms. The Morgan fingerprint density at radius 2 is 1.77 bits per heavy atom. The number of thioether (sulfide) groups is 2. The van der Waals surface area contributed by atoms with Gasteiger partial charge in [-0.2, -0.15) is 0 Å². The fourth-order valence-corrected chi connectivity index (χ4v) is 4.69. The van der Waals surface area contributed by atoms with Crippen molar-refractivity contribution >= 4 is 63.2 Å². The topological polar surface area (TPSA) is 127 Å². The number of anilines is 2. The van der Waals surface area contributed by atoms with E-state index < -0.39 is 4.92 Å². The third-order valence-electron chi connectivity index (χ3n) is 3.66. The number of benzene rings is 2. The summed E-state index contributed by atoms with van der Waals surface area (Å²) in [6.45, 7) is 0. The number of nitro groups is 1. The van der Waals surface area contributed by atoms with Crippen molar-refractivity contribution in [2.45, 2.75) is 10.1 Å². The van der Waals surface area contributed by atoms with Crippen LogP contribution in [0.25, 0.3) is 0 Å². The zero-order valence-corrected chi connectivity index (χ0v) is 18.5. The van der Waals surface area contributed by atoms with Crippen LogP contribution in [0.4, 0.5) is 16.5 Å². The van der Waals surface area contributed by atoms with Gasteiger partial charge < -0.3 is 5.32 Å². The van der Waals surface area contributed by atoms with E-state index in [1.807, 2.05) is 30.3 Å². The molecular formula is C19H17N5O4S3. The zero-order valence-electron chi connectivity index (χ0n) is 16.0. The molecule has 2 amide bonds. The molecule has 0 saturated carbocycles. The average molecular weight is 476 g/mol. The molecule has 12 heteroatoms. The Morgan fingerprint density at radius 1 is 1.00 bits per heavy atom. The number of rotatable bonds is 10. The molecule has 1 aromatic heterocycles. The van der Waals surface area contributed by atoms with E-state index in [9.17, 15) is 19.7 Å². The minimum atomic E-state index is -0.526. The molecule has 3 rings (SSSR count). The largest absolute Gasteiger partial charge is 0.325 e. The van der Waals surface area contributed by atoms with E-state index in [0.717, 1.165) is 23.1 Å². The fourth-order valence-electron chi connectivity index (χ4n) is 2.33. The van der Waals surface area contributed by atoms with Crippen molar-refractivity contribution in [3.63, 3.8) is 0 Å². The molecule has 2 N–H and O–H groups in total. The summed E-state index contributed by atoms with van der Waals surface area (Å²) in [4.78, 5) is 34.4. The van der Waals surface area contributed by atoms with E-state index in [1.165, 1.54) is 41.3 Å². The molecule has 0 aliphatic rings. The Balaban J connectivity index is 1.40. The lowest BCUT2D eigenvalue weighted by Gasteiger charge is -2.03. The molecule has 0 aliphatic carbocycles. The van der Waals surface area contributed by atoms with Crippen molar-refractivity contribution < 1.29 is 14.5 Å². The number of non-ortho nitro benzene ring substituents is 1. The lowest BCUT2D eigenvalue weighted by molar-refractivity contribution is -0.384. The summed E-state index contributed by atoms with van der Waals surface area (Å²) >= 11 is 3.84. The SMILES string of the molecule is O=C(CSc1nnc(NC(=O)CSCc2ccccc2)s1)Nc1cccc([N+](=O)[O-])c1. The lowest BCUT2D eigenvalue weighted by Crippen LogP contribution is -2.14. The van der Waals surface area contributed by atoms with Crippen molar-refractivity contribution in [2.24, 2.45) is 0 Å². The lowest BCUT2D eigenvalue weighted by atomic mass is 10.2. The quantitative estimate of drug-likeness (QED) is 0.195. The van der Waals surface area contributed by atoms with Crippen molar-refractivity contribution in [1.82, 2.24) is 10.2 Å². The first-order valence-electron chi connectivity index (χ1n) is 8.92. The Kier molecular flexibility index (Phi) is 8.38. The van der Waals surface area contributed by atoms with E-state index in [0.29, 0.717) is 20.9 Å². The van der Waals surface area contributed by atoms with E-state index >= 15 is 0 Å². The average Bonchev–Trinajstić information content (AvgIpc) is 3.20. The first-order chi connectivity index (χ1) is 15.0. The standard InChI is InChI=1S/C19H17N5O4S3/c25-16(11-29-10-13-5-2-1-3-6-13)21-18-22-23-19(31-18)30-12-17(26)20-14-7-4-8-15(9-14)24(27)28/h1-9H,10-12H2,(H,20,26)(H,21,22,25). The smallest absolute Gasteiger partial charge is 0.271 e. The summed E-state index contributed by atoms with van der Waals surface area (Å²) < 4.78 is 0.529. The van der Waals surface area contributed by atoms with E-state index in [4.69, 9.17) is 0 Å². The molecule has 0 atom stereocenters. The van der Waals surface area contributed by atoms with Gasteiger partial charge >= 0.3 is 0 Å². The van der Waals surface area contributed by atoms with Crippen molar-refractivity contribution in [2.75, 3.05) is 22.1 Å². The third-order valence-corrected chi connectivity index (χ3v) is 6.64.